The first-order valence-corrected chi connectivity index (χ1v) is 8.86. The fourth-order valence-electron chi connectivity index (χ4n) is 3.26. The summed E-state index contributed by atoms with van der Waals surface area (Å²) in [6.07, 6.45) is 6.08. The van der Waals surface area contributed by atoms with Crippen LogP contribution in [0.5, 0.6) is 0 Å². The molecule has 0 saturated carbocycles. The van der Waals surface area contributed by atoms with Crippen LogP contribution >= 0.6 is 0 Å². The van der Waals surface area contributed by atoms with Crippen LogP contribution in [0.4, 0.5) is 11.5 Å². The van der Waals surface area contributed by atoms with E-state index in [2.05, 4.69) is 9.97 Å². The van der Waals surface area contributed by atoms with Gasteiger partial charge in [0, 0.05) is 30.7 Å². The van der Waals surface area contributed by atoms with E-state index in [1.54, 1.807) is 30.7 Å². The van der Waals surface area contributed by atoms with Crippen molar-refractivity contribution >= 4 is 23.0 Å². The van der Waals surface area contributed by atoms with Gasteiger partial charge in [0.05, 0.1) is 17.7 Å². The number of aromatic nitrogens is 2. The van der Waals surface area contributed by atoms with Crippen LogP contribution in [0.25, 0.3) is 5.76 Å². The summed E-state index contributed by atoms with van der Waals surface area (Å²) in [6, 6.07) is 17.1. The number of anilines is 2. The van der Waals surface area contributed by atoms with Gasteiger partial charge in [0.15, 0.2) is 5.78 Å². The van der Waals surface area contributed by atoms with Crippen molar-refractivity contribution in [2.24, 2.45) is 0 Å². The highest BCUT2D eigenvalue weighted by molar-refractivity contribution is 6.04. The van der Waals surface area contributed by atoms with Crippen LogP contribution in [-0.2, 0) is 11.2 Å². The fraction of sp³-hybridized carbons (Fsp3) is 0.136. The van der Waals surface area contributed by atoms with E-state index >= 15 is 0 Å². The number of benzene rings is 1. The van der Waals surface area contributed by atoms with E-state index in [4.69, 9.17) is 0 Å². The second-order valence-corrected chi connectivity index (χ2v) is 6.41. The number of aryl methyl sites for hydroxylation is 1. The predicted octanol–water partition coefficient (Wildman–Crippen LogP) is 4.10. The standard InChI is InChI=1S/C22H19N3O2/c26-20(11-10-16-6-4-12-23-14-16)19-15-25(17-7-2-1-3-8-17)22-18(21(19)27)9-5-13-24-22/h1-9,12-14,27H,10-11,15H2. The Balaban J connectivity index is 1.65. The highest BCUT2D eigenvalue weighted by Gasteiger charge is 2.29. The molecule has 0 fully saturated rings. The molecule has 134 valence electrons. The van der Waals surface area contributed by atoms with Gasteiger partial charge in [0.2, 0.25) is 0 Å². The van der Waals surface area contributed by atoms with Crippen LogP contribution in [-0.4, -0.2) is 27.4 Å². The van der Waals surface area contributed by atoms with Crippen molar-refractivity contribution in [2.75, 3.05) is 11.4 Å². The van der Waals surface area contributed by atoms with Crippen molar-refractivity contribution < 1.29 is 9.90 Å². The maximum atomic E-state index is 12.9. The molecule has 1 aromatic carbocycles. The number of hydrogen-bond acceptors (Lipinski definition) is 5. The SMILES string of the molecule is O=C(CCc1cccnc1)C1=C(O)c2cccnc2N(c2ccccc2)C1. The highest BCUT2D eigenvalue weighted by Crippen LogP contribution is 2.36. The van der Waals surface area contributed by atoms with E-state index < -0.39 is 0 Å². The molecule has 0 aliphatic carbocycles. The average molecular weight is 357 g/mol. The van der Waals surface area contributed by atoms with Gasteiger partial charge in [0.1, 0.15) is 11.6 Å². The third-order valence-electron chi connectivity index (χ3n) is 4.67. The number of rotatable bonds is 5. The summed E-state index contributed by atoms with van der Waals surface area (Å²) in [7, 11) is 0. The van der Waals surface area contributed by atoms with Crippen molar-refractivity contribution in [1.82, 2.24) is 9.97 Å². The summed E-state index contributed by atoms with van der Waals surface area (Å²) in [6.45, 7) is 0.297. The number of carbonyl (C=O) groups is 1. The van der Waals surface area contributed by atoms with Crippen LogP contribution in [0.3, 0.4) is 0 Å². The molecule has 2 aromatic heterocycles. The van der Waals surface area contributed by atoms with Gasteiger partial charge >= 0.3 is 0 Å². The zero-order valence-corrected chi connectivity index (χ0v) is 14.7. The van der Waals surface area contributed by atoms with Gasteiger partial charge in [-0.25, -0.2) is 4.98 Å². The Labute approximate surface area is 157 Å². The van der Waals surface area contributed by atoms with E-state index in [9.17, 15) is 9.90 Å². The molecular formula is C22H19N3O2. The van der Waals surface area contributed by atoms with Crippen molar-refractivity contribution in [3.63, 3.8) is 0 Å². The zero-order chi connectivity index (χ0) is 18.6. The van der Waals surface area contributed by atoms with E-state index in [0.29, 0.717) is 36.3 Å². The maximum absolute atomic E-state index is 12.9. The molecule has 0 saturated heterocycles. The van der Waals surface area contributed by atoms with Gasteiger partial charge in [-0.1, -0.05) is 24.3 Å². The molecule has 1 aliphatic heterocycles. The van der Waals surface area contributed by atoms with Crippen LogP contribution in [0.2, 0.25) is 0 Å². The zero-order valence-electron chi connectivity index (χ0n) is 14.7. The lowest BCUT2D eigenvalue weighted by atomic mass is 9.96. The first-order chi connectivity index (χ1) is 13.2. The lowest BCUT2D eigenvalue weighted by Gasteiger charge is -2.31. The molecule has 0 atom stereocenters. The molecule has 3 heterocycles. The van der Waals surface area contributed by atoms with Gasteiger partial charge < -0.3 is 10.0 Å². The molecule has 0 unspecified atom stereocenters. The first-order valence-electron chi connectivity index (χ1n) is 8.86. The van der Waals surface area contributed by atoms with E-state index in [1.165, 1.54) is 0 Å². The molecule has 0 radical (unpaired) electrons. The molecule has 1 aliphatic rings. The van der Waals surface area contributed by atoms with Crippen LogP contribution in [0, 0.1) is 0 Å². The number of Topliss-reactive ketones (excluding diaryl/α,β-unsaturated/α-hetero) is 1. The van der Waals surface area contributed by atoms with Crippen LogP contribution in [0.15, 0.2) is 78.8 Å². The lowest BCUT2D eigenvalue weighted by molar-refractivity contribution is -0.115. The average Bonchev–Trinajstić information content (AvgIpc) is 2.74. The van der Waals surface area contributed by atoms with E-state index in [-0.39, 0.29) is 11.5 Å². The molecule has 1 N–H and O–H groups in total. The topological polar surface area (TPSA) is 66.3 Å². The van der Waals surface area contributed by atoms with Crippen LogP contribution in [0.1, 0.15) is 17.5 Å². The molecule has 5 nitrogen and oxygen atoms in total. The van der Waals surface area contributed by atoms with Crippen molar-refractivity contribution in [3.05, 3.63) is 89.9 Å². The fourth-order valence-corrected chi connectivity index (χ4v) is 3.26. The number of para-hydroxylation sites is 1. The Morgan fingerprint density at radius 3 is 2.63 bits per heavy atom. The number of carbonyl (C=O) groups excluding carboxylic acids is 1. The van der Waals surface area contributed by atoms with Gasteiger partial charge in [-0.3, -0.25) is 9.78 Å². The molecule has 4 rings (SSSR count). The van der Waals surface area contributed by atoms with Gasteiger partial charge in [-0.05, 0) is 42.3 Å². The monoisotopic (exact) mass is 357 g/mol. The maximum Gasteiger partial charge on any atom is 0.164 e. The van der Waals surface area contributed by atoms with E-state index in [0.717, 1.165) is 11.3 Å². The number of aliphatic hydroxyl groups excluding tert-OH is 1. The highest BCUT2D eigenvalue weighted by atomic mass is 16.3. The van der Waals surface area contributed by atoms with Gasteiger partial charge in [0.25, 0.3) is 0 Å². The summed E-state index contributed by atoms with van der Waals surface area (Å²) < 4.78 is 0. The summed E-state index contributed by atoms with van der Waals surface area (Å²) in [5.74, 6) is 0.623. The molecule has 5 heteroatoms. The number of ketones is 1. The summed E-state index contributed by atoms with van der Waals surface area (Å²) in [4.78, 5) is 23.4. The van der Waals surface area contributed by atoms with Gasteiger partial charge in [-0.2, -0.15) is 0 Å². The second kappa shape index (κ2) is 7.41. The minimum atomic E-state index is -0.0632. The smallest absolute Gasteiger partial charge is 0.164 e. The first kappa shape index (κ1) is 17.0. The summed E-state index contributed by atoms with van der Waals surface area (Å²) in [5, 5.41) is 10.7. The number of fused-ring (bicyclic) bond motifs is 1. The molecule has 3 aromatic rings. The molecule has 0 bridgehead atoms. The third-order valence-corrected chi connectivity index (χ3v) is 4.67. The molecule has 0 spiro atoms. The number of aliphatic hydroxyl groups is 1. The number of nitrogens with zero attached hydrogens (tertiary/aromatic N) is 3. The predicted molar refractivity (Wildman–Crippen MR) is 105 cm³/mol. The number of hydrogen-bond donors (Lipinski definition) is 1. The van der Waals surface area contributed by atoms with Crippen molar-refractivity contribution in [2.45, 2.75) is 12.8 Å². The summed E-state index contributed by atoms with van der Waals surface area (Å²) in [5.41, 5.74) is 2.94. The van der Waals surface area contributed by atoms with Crippen molar-refractivity contribution in [3.8, 4) is 0 Å². The van der Waals surface area contributed by atoms with Crippen molar-refractivity contribution in [1.29, 1.82) is 0 Å². The minimum Gasteiger partial charge on any atom is -0.507 e. The van der Waals surface area contributed by atoms with Crippen LogP contribution < -0.4 is 4.90 Å². The Morgan fingerprint density at radius 1 is 1.04 bits per heavy atom. The normalized spacial score (nSPS) is 13.4. The molecule has 27 heavy (non-hydrogen) atoms. The Kier molecular flexibility index (Phi) is 4.66. The Morgan fingerprint density at radius 2 is 1.85 bits per heavy atom. The second-order valence-electron chi connectivity index (χ2n) is 6.41. The van der Waals surface area contributed by atoms with E-state index in [1.807, 2.05) is 47.4 Å². The third kappa shape index (κ3) is 3.44. The number of pyridine rings is 2. The minimum absolute atomic E-state index is 0.0291. The molecule has 0 amide bonds. The quantitative estimate of drug-likeness (QED) is 0.745. The molecular weight excluding hydrogens is 338 g/mol. The summed E-state index contributed by atoms with van der Waals surface area (Å²) >= 11 is 0. The Hall–Kier alpha value is -3.47. The lowest BCUT2D eigenvalue weighted by Crippen LogP contribution is -2.30. The largest absolute Gasteiger partial charge is 0.507 e. The Bertz CT molecular complexity index is 985. The van der Waals surface area contributed by atoms with Gasteiger partial charge in [-0.15, -0.1) is 0 Å².